The summed E-state index contributed by atoms with van der Waals surface area (Å²) < 4.78 is 1.98. The van der Waals surface area contributed by atoms with Crippen molar-refractivity contribution in [1.29, 1.82) is 5.26 Å². The van der Waals surface area contributed by atoms with Crippen LogP contribution in [0.2, 0.25) is 0 Å². The first kappa shape index (κ1) is 12.9. The topological polar surface area (TPSA) is 80.5 Å². The maximum atomic E-state index is 8.71. The van der Waals surface area contributed by atoms with Crippen molar-refractivity contribution >= 4 is 5.82 Å². The van der Waals surface area contributed by atoms with Gasteiger partial charge in [0.2, 0.25) is 0 Å². The lowest BCUT2D eigenvalue weighted by molar-refractivity contribution is 1.06. The minimum atomic E-state index is 0.416. The van der Waals surface area contributed by atoms with Crippen LogP contribution in [0.3, 0.4) is 0 Å². The van der Waals surface area contributed by atoms with Gasteiger partial charge in [-0.1, -0.05) is 12.1 Å². The lowest BCUT2D eigenvalue weighted by atomic mass is 10.1. The van der Waals surface area contributed by atoms with Gasteiger partial charge in [0, 0.05) is 17.4 Å². The predicted molar refractivity (Wildman–Crippen MR) is 80.5 cm³/mol. The Labute approximate surface area is 122 Å². The van der Waals surface area contributed by atoms with E-state index in [0.29, 0.717) is 12.2 Å². The molecule has 0 saturated heterocycles. The highest BCUT2D eigenvalue weighted by Gasteiger charge is 2.07. The van der Waals surface area contributed by atoms with Gasteiger partial charge in [-0.05, 0) is 29.8 Å². The molecule has 0 radical (unpaired) electrons. The molecule has 0 amide bonds. The largest absolute Gasteiger partial charge is 0.384 e. The molecule has 5 heteroatoms. The zero-order valence-electron chi connectivity index (χ0n) is 11.3. The van der Waals surface area contributed by atoms with Crippen LogP contribution < -0.4 is 5.73 Å². The van der Waals surface area contributed by atoms with Gasteiger partial charge in [-0.15, -0.1) is 0 Å². The molecule has 2 N–H and O–H groups in total. The SMILES string of the molecule is N#CCc1ccc(-n2cncc2-c2ccc(N)nc2)cc1. The molecule has 2 aromatic heterocycles. The number of nitriles is 1. The Morgan fingerprint density at radius 3 is 2.57 bits per heavy atom. The molecule has 0 fully saturated rings. The van der Waals surface area contributed by atoms with Crippen LogP contribution in [-0.4, -0.2) is 14.5 Å². The van der Waals surface area contributed by atoms with E-state index >= 15 is 0 Å². The minimum absolute atomic E-state index is 0.416. The summed E-state index contributed by atoms with van der Waals surface area (Å²) in [6.07, 6.45) is 5.69. The number of pyridine rings is 1. The average molecular weight is 275 g/mol. The normalized spacial score (nSPS) is 10.2. The Balaban J connectivity index is 1.99. The second-order valence-corrected chi connectivity index (χ2v) is 4.62. The van der Waals surface area contributed by atoms with Crippen molar-refractivity contribution in [2.24, 2.45) is 0 Å². The zero-order valence-corrected chi connectivity index (χ0v) is 11.3. The number of nitrogen functional groups attached to an aromatic ring is 1. The van der Waals surface area contributed by atoms with E-state index in [1.165, 1.54) is 0 Å². The monoisotopic (exact) mass is 275 g/mol. The summed E-state index contributed by atoms with van der Waals surface area (Å²) in [5.41, 5.74) is 9.49. The van der Waals surface area contributed by atoms with Gasteiger partial charge >= 0.3 is 0 Å². The van der Waals surface area contributed by atoms with Gasteiger partial charge in [0.15, 0.2) is 0 Å². The fourth-order valence-corrected chi connectivity index (χ4v) is 2.14. The summed E-state index contributed by atoms with van der Waals surface area (Å²) in [7, 11) is 0. The van der Waals surface area contributed by atoms with Crippen LogP contribution in [0.25, 0.3) is 16.9 Å². The third-order valence-electron chi connectivity index (χ3n) is 3.22. The molecule has 102 valence electrons. The van der Waals surface area contributed by atoms with E-state index in [0.717, 1.165) is 22.5 Å². The quantitative estimate of drug-likeness (QED) is 0.796. The Morgan fingerprint density at radius 1 is 1.10 bits per heavy atom. The van der Waals surface area contributed by atoms with Gasteiger partial charge in [0.25, 0.3) is 0 Å². The second-order valence-electron chi connectivity index (χ2n) is 4.62. The fourth-order valence-electron chi connectivity index (χ4n) is 2.14. The molecule has 3 aromatic rings. The molecular weight excluding hydrogens is 262 g/mol. The maximum Gasteiger partial charge on any atom is 0.123 e. The molecule has 0 aliphatic heterocycles. The summed E-state index contributed by atoms with van der Waals surface area (Å²) in [5.74, 6) is 0.491. The first-order valence-corrected chi connectivity index (χ1v) is 6.48. The number of rotatable bonds is 3. The molecule has 0 spiro atoms. The summed E-state index contributed by atoms with van der Waals surface area (Å²) in [4.78, 5) is 8.32. The van der Waals surface area contributed by atoms with E-state index in [9.17, 15) is 0 Å². The molecular formula is C16H13N5. The van der Waals surface area contributed by atoms with Crippen molar-refractivity contribution in [1.82, 2.24) is 14.5 Å². The Hall–Kier alpha value is -3.13. The van der Waals surface area contributed by atoms with Gasteiger partial charge in [0.1, 0.15) is 5.82 Å². The molecule has 0 saturated carbocycles. The van der Waals surface area contributed by atoms with E-state index in [1.807, 2.05) is 34.9 Å². The van der Waals surface area contributed by atoms with Gasteiger partial charge in [-0.2, -0.15) is 5.26 Å². The lowest BCUT2D eigenvalue weighted by Gasteiger charge is -2.08. The van der Waals surface area contributed by atoms with Crippen molar-refractivity contribution in [3.05, 3.63) is 60.7 Å². The van der Waals surface area contributed by atoms with E-state index in [1.54, 1.807) is 24.8 Å². The Morgan fingerprint density at radius 2 is 1.90 bits per heavy atom. The maximum absolute atomic E-state index is 8.71. The van der Waals surface area contributed by atoms with E-state index in [-0.39, 0.29) is 0 Å². The van der Waals surface area contributed by atoms with Crippen LogP contribution in [0, 0.1) is 11.3 Å². The molecule has 0 bridgehead atoms. The first-order valence-electron chi connectivity index (χ1n) is 6.48. The Bertz CT molecular complexity index is 779. The molecule has 21 heavy (non-hydrogen) atoms. The van der Waals surface area contributed by atoms with E-state index < -0.39 is 0 Å². The minimum Gasteiger partial charge on any atom is -0.384 e. The van der Waals surface area contributed by atoms with Crippen LogP contribution in [0.5, 0.6) is 0 Å². The third kappa shape index (κ3) is 2.60. The van der Waals surface area contributed by atoms with Crippen LogP contribution in [0.4, 0.5) is 5.82 Å². The molecule has 5 nitrogen and oxygen atoms in total. The fraction of sp³-hybridized carbons (Fsp3) is 0.0625. The van der Waals surface area contributed by atoms with Gasteiger partial charge in [-0.25, -0.2) is 9.97 Å². The third-order valence-corrected chi connectivity index (χ3v) is 3.22. The zero-order chi connectivity index (χ0) is 14.7. The summed E-state index contributed by atoms with van der Waals surface area (Å²) in [6.45, 7) is 0. The molecule has 1 aromatic carbocycles. The predicted octanol–water partition coefficient (Wildman–Crippen LogP) is 2.58. The van der Waals surface area contributed by atoms with Crippen molar-refractivity contribution in [2.45, 2.75) is 6.42 Å². The molecule has 0 aliphatic carbocycles. The average Bonchev–Trinajstić information content (AvgIpc) is 2.99. The number of hydrogen-bond donors (Lipinski definition) is 1. The molecule has 2 heterocycles. The van der Waals surface area contributed by atoms with Crippen LogP contribution in [0.1, 0.15) is 5.56 Å². The van der Waals surface area contributed by atoms with Gasteiger partial charge < -0.3 is 5.73 Å². The van der Waals surface area contributed by atoms with Crippen molar-refractivity contribution in [3.8, 4) is 23.0 Å². The number of imidazole rings is 1. The number of nitrogens with two attached hydrogens (primary N) is 1. The lowest BCUT2D eigenvalue weighted by Crippen LogP contribution is -1.96. The first-order chi connectivity index (χ1) is 10.3. The molecule has 0 unspecified atom stereocenters. The van der Waals surface area contributed by atoms with Crippen molar-refractivity contribution in [3.63, 3.8) is 0 Å². The summed E-state index contributed by atoms with van der Waals surface area (Å²) in [6, 6.07) is 13.7. The van der Waals surface area contributed by atoms with E-state index in [2.05, 4.69) is 16.0 Å². The number of aromatic nitrogens is 3. The highest BCUT2D eigenvalue weighted by molar-refractivity contribution is 5.62. The molecule has 0 atom stereocenters. The second kappa shape index (κ2) is 5.47. The number of anilines is 1. The van der Waals surface area contributed by atoms with E-state index in [4.69, 9.17) is 11.0 Å². The number of nitrogens with zero attached hydrogens (tertiary/aromatic N) is 4. The highest BCUT2D eigenvalue weighted by atomic mass is 15.1. The number of benzene rings is 1. The molecule has 0 aliphatic rings. The van der Waals surface area contributed by atoms with Crippen LogP contribution >= 0.6 is 0 Å². The highest BCUT2D eigenvalue weighted by Crippen LogP contribution is 2.22. The summed E-state index contributed by atoms with van der Waals surface area (Å²) in [5, 5.41) is 8.71. The Kier molecular flexibility index (Phi) is 3.36. The smallest absolute Gasteiger partial charge is 0.123 e. The van der Waals surface area contributed by atoms with Crippen LogP contribution in [-0.2, 0) is 6.42 Å². The van der Waals surface area contributed by atoms with Crippen molar-refractivity contribution in [2.75, 3.05) is 5.73 Å². The molecule has 3 rings (SSSR count). The van der Waals surface area contributed by atoms with Gasteiger partial charge in [-0.3, -0.25) is 4.57 Å². The number of hydrogen-bond acceptors (Lipinski definition) is 4. The van der Waals surface area contributed by atoms with Gasteiger partial charge in [0.05, 0.1) is 30.7 Å². The summed E-state index contributed by atoms with van der Waals surface area (Å²) >= 11 is 0. The van der Waals surface area contributed by atoms with Crippen LogP contribution in [0.15, 0.2) is 55.1 Å². The van der Waals surface area contributed by atoms with Crippen molar-refractivity contribution < 1.29 is 0 Å². The standard InChI is InChI=1S/C16H13N5/c17-8-7-12-1-4-14(5-2-12)21-11-19-10-15(21)13-3-6-16(18)20-9-13/h1-6,9-11H,7H2,(H2,18,20).